The van der Waals surface area contributed by atoms with E-state index in [-0.39, 0.29) is 34.5 Å². The predicted molar refractivity (Wildman–Crippen MR) is 121 cm³/mol. The van der Waals surface area contributed by atoms with Gasteiger partial charge in [0.2, 0.25) is 10.0 Å². The highest BCUT2D eigenvalue weighted by Gasteiger charge is 2.37. The van der Waals surface area contributed by atoms with E-state index < -0.39 is 19.9 Å². The van der Waals surface area contributed by atoms with Crippen LogP contribution in [0.2, 0.25) is 0 Å². The minimum Gasteiger partial charge on any atom is -0.376 e. The summed E-state index contributed by atoms with van der Waals surface area (Å²) in [5.74, 6) is 0.290. The first kappa shape index (κ1) is 23.7. The van der Waals surface area contributed by atoms with Crippen molar-refractivity contribution in [3.05, 3.63) is 29.8 Å². The predicted octanol–water partition coefficient (Wildman–Crippen LogP) is 1.92. The van der Waals surface area contributed by atoms with Crippen LogP contribution < -0.4 is 0 Å². The number of hydrogen-bond acceptors (Lipinski definition) is 6. The summed E-state index contributed by atoms with van der Waals surface area (Å²) >= 11 is 0. The molecule has 3 heterocycles. The van der Waals surface area contributed by atoms with Crippen molar-refractivity contribution in [2.75, 3.05) is 37.7 Å². The smallest absolute Gasteiger partial charge is 0.254 e. The molecule has 0 aromatic heterocycles. The van der Waals surface area contributed by atoms with Gasteiger partial charge in [0.05, 0.1) is 22.5 Å². The second-order valence-corrected chi connectivity index (χ2v) is 13.4. The molecule has 3 aliphatic heterocycles. The SMILES string of the molecule is CC1CCN(S(=O)(=O)c2ccc(C(=O)N(CC3CCCO3)C3CCS(=O)(=O)C3)cc2)CC1. The molecule has 0 bridgehead atoms. The largest absolute Gasteiger partial charge is 0.376 e. The topological polar surface area (TPSA) is 101 Å². The van der Waals surface area contributed by atoms with E-state index in [0.717, 1.165) is 25.7 Å². The van der Waals surface area contributed by atoms with Crippen LogP contribution in [-0.4, -0.2) is 81.8 Å². The van der Waals surface area contributed by atoms with Crippen LogP contribution >= 0.6 is 0 Å². The van der Waals surface area contributed by atoms with Crippen LogP contribution in [0.15, 0.2) is 29.2 Å². The van der Waals surface area contributed by atoms with E-state index >= 15 is 0 Å². The van der Waals surface area contributed by atoms with Gasteiger partial charge in [-0.15, -0.1) is 0 Å². The quantitative estimate of drug-likeness (QED) is 0.611. The number of benzene rings is 1. The fourth-order valence-corrected chi connectivity index (χ4v) is 7.94. The van der Waals surface area contributed by atoms with Crippen molar-refractivity contribution in [2.24, 2.45) is 5.92 Å². The van der Waals surface area contributed by atoms with Crippen molar-refractivity contribution in [3.8, 4) is 0 Å². The van der Waals surface area contributed by atoms with Gasteiger partial charge >= 0.3 is 0 Å². The first-order valence-electron chi connectivity index (χ1n) is 11.4. The Balaban J connectivity index is 1.52. The lowest BCUT2D eigenvalue weighted by Gasteiger charge is -2.31. The number of nitrogens with zero attached hydrogens (tertiary/aromatic N) is 2. The molecule has 0 aliphatic carbocycles. The lowest BCUT2D eigenvalue weighted by atomic mass is 10.0. The molecular formula is C22H32N2O6S2. The van der Waals surface area contributed by atoms with Crippen molar-refractivity contribution in [1.29, 1.82) is 0 Å². The number of sulfonamides is 1. The first-order valence-corrected chi connectivity index (χ1v) is 14.6. The van der Waals surface area contributed by atoms with E-state index in [1.54, 1.807) is 4.90 Å². The monoisotopic (exact) mass is 484 g/mol. The Labute approximate surface area is 190 Å². The molecule has 3 aliphatic rings. The Morgan fingerprint density at radius 3 is 2.38 bits per heavy atom. The zero-order valence-corrected chi connectivity index (χ0v) is 20.1. The number of ether oxygens (including phenoxy) is 1. The van der Waals surface area contributed by atoms with Crippen molar-refractivity contribution >= 4 is 25.8 Å². The molecule has 0 saturated carbocycles. The summed E-state index contributed by atoms with van der Waals surface area (Å²) in [4.78, 5) is 15.1. The van der Waals surface area contributed by atoms with Crippen molar-refractivity contribution in [3.63, 3.8) is 0 Å². The average molecular weight is 485 g/mol. The minimum atomic E-state index is -3.59. The van der Waals surface area contributed by atoms with E-state index in [1.807, 2.05) is 0 Å². The molecule has 2 atom stereocenters. The van der Waals surface area contributed by atoms with Gasteiger partial charge in [-0.3, -0.25) is 4.79 Å². The van der Waals surface area contributed by atoms with Gasteiger partial charge in [0.15, 0.2) is 9.84 Å². The highest BCUT2D eigenvalue weighted by atomic mass is 32.2. The number of hydrogen-bond donors (Lipinski definition) is 0. The maximum absolute atomic E-state index is 13.3. The standard InChI is InChI=1S/C22H32N2O6S2/c1-17-8-11-23(12-9-17)32(28,29)21-6-4-18(5-7-21)22(25)24(15-20-3-2-13-30-20)19-10-14-31(26,27)16-19/h4-7,17,19-20H,2-3,8-16H2,1H3. The van der Waals surface area contributed by atoms with E-state index in [4.69, 9.17) is 4.74 Å². The first-order chi connectivity index (χ1) is 15.2. The van der Waals surface area contributed by atoms with Gasteiger partial charge in [-0.1, -0.05) is 6.92 Å². The normalized spacial score (nSPS) is 26.9. The summed E-state index contributed by atoms with van der Waals surface area (Å²) in [6.45, 7) is 4.15. The van der Waals surface area contributed by atoms with Gasteiger partial charge in [-0.05, 0) is 62.3 Å². The van der Waals surface area contributed by atoms with Gasteiger partial charge in [-0.2, -0.15) is 4.31 Å². The third kappa shape index (κ3) is 5.18. The fraction of sp³-hybridized carbons (Fsp3) is 0.682. The maximum atomic E-state index is 13.3. The summed E-state index contributed by atoms with van der Waals surface area (Å²) in [5, 5.41) is 0. The summed E-state index contributed by atoms with van der Waals surface area (Å²) in [5.41, 5.74) is 0.360. The van der Waals surface area contributed by atoms with Gasteiger partial charge in [0.25, 0.3) is 5.91 Å². The lowest BCUT2D eigenvalue weighted by Crippen LogP contribution is -2.45. The Morgan fingerprint density at radius 2 is 1.81 bits per heavy atom. The fourth-order valence-electron chi connectivity index (χ4n) is 4.74. The molecule has 1 amide bonds. The van der Waals surface area contributed by atoms with Gasteiger partial charge in [-0.25, -0.2) is 16.8 Å². The number of carbonyl (C=O) groups excluding carboxylic acids is 1. The Morgan fingerprint density at radius 1 is 1.12 bits per heavy atom. The highest BCUT2D eigenvalue weighted by Crippen LogP contribution is 2.26. The number of carbonyl (C=O) groups is 1. The molecule has 0 N–H and O–H groups in total. The molecule has 1 aromatic carbocycles. The third-order valence-electron chi connectivity index (χ3n) is 6.82. The second kappa shape index (κ2) is 9.40. The van der Waals surface area contributed by atoms with Crippen LogP contribution in [0.25, 0.3) is 0 Å². The Bertz CT molecular complexity index is 1020. The Kier molecular flexibility index (Phi) is 6.95. The van der Waals surface area contributed by atoms with Gasteiger partial charge < -0.3 is 9.64 Å². The Hall–Kier alpha value is -1.49. The van der Waals surface area contributed by atoms with E-state index in [2.05, 4.69) is 6.92 Å². The number of amides is 1. The van der Waals surface area contributed by atoms with Crippen molar-refractivity contribution < 1.29 is 26.4 Å². The molecule has 3 saturated heterocycles. The molecular weight excluding hydrogens is 452 g/mol. The van der Waals surface area contributed by atoms with E-state index in [0.29, 0.717) is 44.1 Å². The molecule has 10 heteroatoms. The molecule has 2 unspecified atom stereocenters. The molecule has 8 nitrogen and oxygen atoms in total. The summed E-state index contributed by atoms with van der Waals surface area (Å²) in [7, 11) is -6.74. The third-order valence-corrected chi connectivity index (χ3v) is 10.5. The molecule has 0 spiro atoms. The summed E-state index contributed by atoms with van der Waals surface area (Å²) in [6, 6.07) is 5.66. The van der Waals surface area contributed by atoms with Crippen molar-refractivity contribution in [2.45, 2.75) is 56.1 Å². The van der Waals surface area contributed by atoms with Crippen LogP contribution in [0.1, 0.15) is 49.4 Å². The number of rotatable bonds is 6. The number of sulfone groups is 1. The lowest BCUT2D eigenvalue weighted by molar-refractivity contribution is 0.0441. The van der Waals surface area contributed by atoms with E-state index in [1.165, 1.54) is 28.6 Å². The molecule has 178 valence electrons. The maximum Gasteiger partial charge on any atom is 0.254 e. The zero-order valence-electron chi connectivity index (χ0n) is 18.5. The molecule has 32 heavy (non-hydrogen) atoms. The van der Waals surface area contributed by atoms with Crippen LogP contribution in [-0.2, 0) is 24.6 Å². The highest BCUT2D eigenvalue weighted by molar-refractivity contribution is 7.91. The molecule has 3 fully saturated rings. The van der Waals surface area contributed by atoms with Crippen LogP contribution in [0.3, 0.4) is 0 Å². The van der Waals surface area contributed by atoms with Gasteiger partial charge in [0, 0.05) is 37.8 Å². The van der Waals surface area contributed by atoms with Crippen molar-refractivity contribution in [1.82, 2.24) is 9.21 Å². The number of piperidine rings is 1. The van der Waals surface area contributed by atoms with Crippen LogP contribution in [0.5, 0.6) is 0 Å². The average Bonchev–Trinajstić information content (AvgIpc) is 3.41. The van der Waals surface area contributed by atoms with E-state index in [9.17, 15) is 21.6 Å². The minimum absolute atomic E-state index is 0.0364. The second-order valence-electron chi connectivity index (χ2n) is 9.26. The summed E-state index contributed by atoms with van der Waals surface area (Å²) < 4.78 is 57.2. The molecule has 1 aromatic rings. The molecule has 0 radical (unpaired) electrons. The van der Waals surface area contributed by atoms with Crippen LogP contribution in [0.4, 0.5) is 0 Å². The molecule has 4 rings (SSSR count). The van der Waals surface area contributed by atoms with Crippen LogP contribution in [0, 0.1) is 5.92 Å². The zero-order chi connectivity index (χ0) is 22.9. The summed E-state index contributed by atoms with van der Waals surface area (Å²) in [6.07, 6.45) is 3.78. The van der Waals surface area contributed by atoms with Gasteiger partial charge in [0.1, 0.15) is 0 Å².